The molecule has 0 saturated carbocycles. The van der Waals surface area contributed by atoms with Gasteiger partial charge in [-0.1, -0.05) is 25.6 Å². The fourth-order valence-corrected chi connectivity index (χ4v) is 2.49. The Morgan fingerprint density at radius 3 is 2.54 bits per heavy atom. The molecule has 1 rings (SSSR count). The molecule has 4 nitrogen and oxygen atoms in total. The van der Waals surface area contributed by atoms with E-state index in [0.717, 1.165) is 23.4 Å². The largest absolute Gasteiger partial charge is 0.449 e. The van der Waals surface area contributed by atoms with Crippen molar-refractivity contribution in [1.29, 1.82) is 0 Å². The molecule has 0 aliphatic heterocycles. The van der Waals surface area contributed by atoms with Crippen molar-refractivity contribution >= 4 is 26.1 Å². The third-order valence-corrected chi connectivity index (χ3v) is 4.32. The number of hydrogen-bond donors (Lipinski definition) is 0. The molecular formula is C19H28N2O2Si. The predicted molar refractivity (Wildman–Crippen MR) is 104 cm³/mol. The van der Waals surface area contributed by atoms with E-state index in [1.165, 1.54) is 0 Å². The van der Waals surface area contributed by atoms with Gasteiger partial charge in [0.15, 0.2) is 6.61 Å². The van der Waals surface area contributed by atoms with Gasteiger partial charge in [0.2, 0.25) is 0 Å². The molecule has 24 heavy (non-hydrogen) atoms. The molecule has 0 atom stereocenters. The summed E-state index contributed by atoms with van der Waals surface area (Å²) in [4.78, 5) is 18.7. The van der Waals surface area contributed by atoms with Crippen LogP contribution in [0.5, 0.6) is 0 Å². The third-order valence-electron chi connectivity index (χ3n) is 3.39. The number of nitrogens with zero attached hydrogens (tertiary/aromatic N) is 2. The first kappa shape index (κ1) is 20.0. The standard InChI is InChI=1S/C19H28N2O2Si/c1-8-21(4)14-20-18-13-15(2)17(12-16(18)3)19(22)23-10-9-11-24(5,6)7/h12-14H,8,10H2,1-7H3/b20-14+. The minimum Gasteiger partial charge on any atom is -0.449 e. The summed E-state index contributed by atoms with van der Waals surface area (Å²) in [6.07, 6.45) is 1.80. The number of aryl methyl sites for hydroxylation is 2. The number of carbonyl (C=O) groups excluding carboxylic acids is 1. The van der Waals surface area contributed by atoms with Gasteiger partial charge in [0.1, 0.15) is 8.07 Å². The van der Waals surface area contributed by atoms with E-state index < -0.39 is 8.07 Å². The van der Waals surface area contributed by atoms with Crippen LogP contribution in [0.15, 0.2) is 17.1 Å². The first-order chi connectivity index (χ1) is 11.1. The van der Waals surface area contributed by atoms with Crippen LogP contribution >= 0.6 is 0 Å². The highest BCUT2D eigenvalue weighted by molar-refractivity contribution is 6.83. The Morgan fingerprint density at radius 2 is 1.96 bits per heavy atom. The first-order valence-corrected chi connectivity index (χ1v) is 11.7. The molecule has 0 radical (unpaired) electrons. The van der Waals surface area contributed by atoms with Crippen LogP contribution in [0.3, 0.4) is 0 Å². The highest BCUT2D eigenvalue weighted by atomic mass is 28.3. The van der Waals surface area contributed by atoms with Gasteiger partial charge in [-0.3, -0.25) is 0 Å². The van der Waals surface area contributed by atoms with Gasteiger partial charge >= 0.3 is 5.97 Å². The van der Waals surface area contributed by atoms with Crippen LogP contribution < -0.4 is 0 Å². The van der Waals surface area contributed by atoms with Crippen molar-refractivity contribution in [1.82, 2.24) is 4.90 Å². The van der Waals surface area contributed by atoms with Gasteiger partial charge in [-0.05, 0) is 44.0 Å². The average molecular weight is 345 g/mol. The van der Waals surface area contributed by atoms with E-state index in [2.05, 4.69) is 43.0 Å². The molecule has 1 aromatic rings. The van der Waals surface area contributed by atoms with Crippen LogP contribution in [-0.2, 0) is 4.74 Å². The number of ether oxygens (including phenoxy) is 1. The highest BCUT2D eigenvalue weighted by Gasteiger charge is 2.13. The maximum atomic E-state index is 12.2. The summed E-state index contributed by atoms with van der Waals surface area (Å²) in [7, 11) is 0.541. The average Bonchev–Trinajstić information content (AvgIpc) is 2.50. The van der Waals surface area contributed by atoms with Crippen molar-refractivity contribution in [3.8, 4) is 11.5 Å². The van der Waals surface area contributed by atoms with Crippen molar-refractivity contribution in [2.75, 3.05) is 20.2 Å². The van der Waals surface area contributed by atoms with Crippen LogP contribution in [0.1, 0.15) is 28.4 Å². The normalized spacial score (nSPS) is 11.1. The molecule has 0 heterocycles. The fraction of sp³-hybridized carbons (Fsp3) is 0.474. The van der Waals surface area contributed by atoms with Gasteiger partial charge < -0.3 is 9.64 Å². The second-order valence-corrected chi connectivity index (χ2v) is 11.6. The maximum absolute atomic E-state index is 12.2. The number of benzene rings is 1. The van der Waals surface area contributed by atoms with E-state index in [0.29, 0.717) is 5.56 Å². The number of carbonyl (C=O) groups is 1. The lowest BCUT2D eigenvalue weighted by molar-refractivity contribution is 0.0556. The van der Waals surface area contributed by atoms with E-state index in [1.54, 1.807) is 6.34 Å². The second kappa shape index (κ2) is 8.70. The molecule has 1 aromatic carbocycles. The Bertz CT molecular complexity index is 679. The SMILES string of the molecule is CCN(C)/C=N/c1cc(C)c(C(=O)OCC#C[Si](C)(C)C)cc1C. The third kappa shape index (κ3) is 6.59. The molecule has 0 fully saturated rings. The summed E-state index contributed by atoms with van der Waals surface area (Å²) in [5.74, 6) is 2.62. The molecule has 0 aromatic heterocycles. The monoisotopic (exact) mass is 344 g/mol. The predicted octanol–water partition coefficient (Wildman–Crippen LogP) is 3.95. The van der Waals surface area contributed by atoms with E-state index in [-0.39, 0.29) is 12.6 Å². The van der Waals surface area contributed by atoms with E-state index in [4.69, 9.17) is 4.74 Å². The molecule has 0 saturated heterocycles. The van der Waals surface area contributed by atoms with Crippen LogP contribution in [0, 0.1) is 25.3 Å². The molecule has 0 unspecified atom stereocenters. The van der Waals surface area contributed by atoms with Gasteiger partial charge in [-0.25, -0.2) is 9.79 Å². The summed E-state index contributed by atoms with van der Waals surface area (Å²) in [5.41, 5.74) is 6.42. The van der Waals surface area contributed by atoms with Crippen molar-refractivity contribution < 1.29 is 9.53 Å². The lowest BCUT2D eigenvalue weighted by Gasteiger charge is -2.11. The van der Waals surface area contributed by atoms with Crippen LogP contribution in [-0.4, -0.2) is 45.5 Å². The summed E-state index contributed by atoms with van der Waals surface area (Å²) in [6, 6.07) is 3.75. The van der Waals surface area contributed by atoms with Gasteiger partial charge in [0.25, 0.3) is 0 Å². The van der Waals surface area contributed by atoms with Crippen LogP contribution in [0.4, 0.5) is 5.69 Å². The number of aliphatic imine (C=N–C) groups is 1. The van der Waals surface area contributed by atoms with Crippen LogP contribution in [0.25, 0.3) is 0 Å². The number of rotatable bonds is 5. The highest BCUT2D eigenvalue weighted by Crippen LogP contribution is 2.23. The van der Waals surface area contributed by atoms with Crippen molar-refractivity contribution in [3.63, 3.8) is 0 Å². The molecule has 0 N–H and O–H groups in total. The zero-order valence-electron chi connectivity index (χ0n) is 15.9. The first-order valence-electron chi connectivity index (χ1n) is 8.17. The van der Waals surface area contributed by atoms with Gasteiger partial charge in [-0.2, -0.15) is 0 Å². The van der Waals surface area contributed by atoms with Crippen LogP contribution in [0.2, 0.25) is 19.6 Å². The molecule has 0 aliphatic carbocycles. The Kier molecular flexibility index (Phi) is 7.24. The summed E-state index contributed by atoms with van der Waals surface area (Å²) < 4.78 is 5.28. The Morgan fingerprint density at radius 1 is 1.29 bits per heavy atom. The van der Waals surface area contributed by atoms with Gasteiger partial charge in [0, 0.05) is 13.6 Å². The van der Waals surface area contributed by atoms with Crippen molar-refractivity contribution in [3.05, 3.63) is 28.8 Å². The summed E-state index contributed by atoms with van der Waals surface area (Å²) >= 11 is 0. The zero-order valence-corrected chi connectivity index (χ0v) is 16.9. The molecule has 5 heteroatoms. The van der Waals surface area contributed by atoms with E-state index in [9.17, 15) is 4.79 Å². The Hall–Kier alpha value is -2.06. The molecule has 0 amide bonds. The van der Waals surface area contributed by atoms with Crippen molar-refractivity contribution in [2.24, 2.45) is 4.99 Å². The number of hydrogen-bond acceptors (Lipinski definition) is 3. The second-order valence-electron chi connectivity index (χ2n) is 6.90. The Balaban J connectivity index is 2.86. The van der Waals surface area contributed by atoms with E-state index >= 15 is 0 Å². The Labute approximate surface area is 146 Å². The lowest BCUT2D eigenvalue weighted by atomic mass is 10.0. The molecule has 0 aliphatic rings. The smallest absolute Gasteiger partial charge is 0.339 e. The van der Waals surface area contributed by atoms with E-state index in [1.807, 2.05) is 37.9 Å². The zero-order chi connectivity index (χ0) is 18.3. The molecule has 0 bridgehead atoms. The molecule has 0 spiro atoms. The topological polar surface area (TPSA) is 41.9 Å². The quantitative estimate of drug-likeness (QED) is 0.267. The number of esters is 1. The van der Waals surface area contributed by atoms with Crippen molar-refractivity contribution in [2.45, 2.75) is 40.4 Å². The lowest BCUT2D eigenvalue weighted by Crippen LogP contribution is -2.17. The molecular weight excluding hydrogens is 316 g/mol. The summed E-state index contributed by atoms with van der Waals surface area (Å²) in [6.45, 7) is 13.4. The summed E-state index contributed by atoms with van der Waals surface area (Å²) in [5, 5.41) is 0. The maximum Gasteiger partial charge on any atom is 0.339 e. The van der Waals surface area contributed by atoms with Gasteiger partial charge in [0.05, 0.1) is 17.6 Å². The van der Waals surface area contributed by atoms with Gasteiger partial charge in [-0.15, -0.1) is 5.54 Å². The minimum absolute atomic E-state index is 0.142. The molecule has 130 valence electrons. The fourth-order valence-electron chi connectivity index (χ4n) is 1.88. The minimum atomic E-state index is -1.43.